The first-order valence-corrected chi connectivity index (χ1v) is 7.74. The second kappa shape index (κ2) is 6.85. The smallest absolute Gasteiger partial charge is 0.410 e. The van der Waals surface area contributed by atoms with Crippen LogP contribution in [0, 0.1) is 10.1 Å². The van der Waals surface area contributed by atoms with E-state index in [9.17, 15) is 14.9 Å². The number of carbonyl (C=O) groups excluding carboxylic acids is 1. The van der Waals surface area contributed by atoms with Crippen molar-refractivity contribution in [3.8, 4) is 0 Å². The number of benzene rings is 1. The van der Waals surface area contributed by atoms with Crippen LogP contribution < -0.4 is 5.32 Å². The van der Waals surface area contributed by atoms with E-state index in [-0.39, 0.29) is 17.8 Å². The molecule has 0 aliphatic carbocycles. The van der Waals surface area contributed by atoms with E-state index in [0.29, 0.717) is 18.8 Å². The van der Waals surface area contributed by atoms with Gasteiger partial charge in [0, 0.05) is 25.2 Å². The maximum atomic E-state index is 12.0. The number of nitrogens with zero attached hydrogens (tertiary/aromatic N) is 2. The number of nitro benzene ring substituents is 1. The molecular formula is C16H23N3O4. The molecular weight excluding hydrogens is 298 g/mol. The Balaban J connectivity index is 1.91. The van der Waals surface area contributed by atoms with E-state index in [1.807, 2.05) is 20.8 Å². The van der Waals surface area contributed by atoms with Gasteiger partial charge in [0.15, 0.2) is 0 Å². The first-order chi connectivity index (χ1) is 10.8. The van der Waals surface area contributed by atoms with Gasteiger partial charge in [0.05, 0.1) is 4.92 Å². The van der Waals surface area contributed by atoms with E-state index in [1.165, 1.54) is 6.07 Å². The number of anilines is 1. The van der Waals surface area contributed by atoms with Crippen molar-refractivity contribution in [3.05, 3.63) is 34.4 Å². The molecule has 0 aromatic heterocycles. The summed E-state index contributed by atoms with van der Waals surface area (Å²) in [5.41, 5.74) is 0.0897. The molecule has 0 saturated carbocycles. The number of ether oxygens (including phenoxy) is 1. The Labute approximate surface area is 135 Å². The highest BCUT2D eigenvalue weighted by atomic mass is 16.6. The normalized spacial score (nSPS) is 16.0. The number of carbonyl (C=O) groups is 1. The molecule has 1 N–H and O–H groups in total. The molecule has 1 aliphatic heterocycles. The average Bonchev–Trinajstić information content (AvgIpc) is 2.46. The minimum atomic E-state index is -0.503. The number of hydrogen-bond acceptors (Lipinski definition) is 5. The fourth-order valence-electron chi connectivity index (χ4n) is 2.51. The van der Waals surface area contributed by atoms with Crippen molar-refractivity contribution < 1.29 is 14.5 Å². The molecule has 0 atom stereocenters. The molecule has 1 aliphatic rings. The zero-order valence-electron chi connectivity index (χ0n) is 13.7. The summed E-state index contributed by atoms with van der Waals surface area (Å²) in [5, 5.41) is 14.3. The maximum Gasteiger partial charge on any atom is 0.410 e. The minimum Gasteiger partial charge on any atom is -0.444 e. The summed E-state index contributed by atoms with van der Waals surface area (Å²) >= 11 is 0. The summed E-state index contributed by atoms with van der Waals surface area (Å²) in [6.07, 6.45) is 1.15. The third-order valence-corrected chi connectivity index (χ3v) is 3.61. The van der Waals surface area contributed by atoms with E-state index in [0.717, 1.165) is 12.8 Å². The lowest BCUT2D eigenvalue weighted by atomic mass is 10.0. The Morgan fingerprint density at radius 3 is 2.48 bits per heavy atom. The monoisotopic (exact) mass is 321 g/mol. The molecule has 1 aromatic carbocycles. The second-order valence-corrected chi connectivity index (χ2v) is 6.66. The van der Waals surface area contributed by atoms with Gasteiger partial charge >= 0.3 is 6.09 Å². The molecule has 1 amide bonds. The van der Waals surface area contributed by atoms with E-state index in [1.54, 1.807) is 23.1 Å². The predicted molar refractivity (Wildman–Crippen MR) is 87.5 cm³/mol. The molecule has 1 aromatic rings. The van der Waals surface area contributed by atoms with Crippen LogP contribution in [-0.4, -0.2) is 40.6 Å². The van der Waals surface area contributed by atoms with Crippen molar-refractivity contribution in [2.45, 2.75) is 45.3 Å². The SMILES string of the molecule is CC(C)(C)OC(=O)N1CCC(Nc2ccccc2[N+](=O)[O-])CC1. The van der Waals surface area contributed by atoms with E-state index in [2.05, 4.69) is 5.32 Å². The summed E-state index contributed by atoms with van der Waals surface area (Å²) in [4.78, 5) is 24.3. The van der Waals surface area contributed by atoms with Crippen LogP contribution in [0.25, 0.3) is 0 Å². The molecule has 7 nitrogen and oxygen atoms in total. The highest BCUT2D eigenvalue weighted by Crippen LogP contribution is 2.26. The van der Waals surface area contributed by atoms with Crippen molar-refractivity contribution in [1.29, 1.82) is 0 Å². The topological polar surface area (TPSA) is 84.7 Å². The van der Waals surface area contributed by atoms with Crippen molar-refractivity contribution >= 4 is 17.5 Å². The molecule has 2 rings (SSSR count). The first kappa shape index (κ1) is 17.1. The van der Waals surface area contributed by atoms with Gasteiger partial charge in [-0.3, -0.25) is 10.1 Å². The minimum absolute atomic E-state index is 0.0714. The van der Waals surface area contributed by atoms with Gasteiger partial charge in [-0.1, -0.05) is 12.1 Å². The number of piperidine rings is 1. The van der Waals surface area contributed by atoms with Gasteiger partial charge in [-0.05, 0) is 39.7 Å². The molecule has 0 unspecified atom stereocenters. The van der Waals surface area contributed by atoms with Crippen molar-refractivity contribution in [1.82, 2.24) is 4.90 Å². The van der Waals surface area contributed by atoms with Gasteiger partial charge in [0.25, 0.3) is 5.69 Å². The fraction of sp³-hybridized carbons (Fsp3) is 0.562. The molecule has 1 saturated heterocycles. The number of hydrogen-bond donors (Lipinski definition) is 1. The Morgan fingerprint density at radius 1 is 1.30 bits per heavy atom. The van der Waals surface area contributed by atoms with Crippen molar-refractivity contribution in [3.63, 3.8) is 0 Å². The van der Waals surface area contributed by atoms with E-state index < -0.39 is 10.5 Å². The molecule has 0 spiro atoms. The standard InChI is InChI=1S/C16H23N3O4/c1-16(2,3)23-15(20)18-10-8-12(9-11-18)17-13-6-4-5-7-14(13)19(21)22/h4-7,12,17H,8-11H2,1-3H3. The van der Waals surface area contributed by atoms with Crippen molar-refractivity contribution in [2.24, 2.45) is 0 Å². The van der Waals surface area contributed by atoms with Gasteiger partial charge < -0.3 is 15.0 Å². The van der Waals surface area contributed by atoms with E-state index in [4.69, 9.17) is 4.74 Å². The average molecular weight is 321 g/mol. The zero-order valence-corrected chi connectivity index (χ0v) is 13.7. The van der Waals surface area contributed by atoms with Gasteiger partial charge in [0.1, 0.15) is 11.3 Å². The summed E-state index contributed by atoms with van der Waals surface area (Å²) in [7, 11) is 0. The number of para-hydroxylation sites is 2. The summed E-state index contributed by atoms with van der Waals surface area (Å²) < 4.78 is 5.36. The molecule has 0 bridgehead atoms. The lowest BCUT2D eigenvalue weighted by molar-refractivity contribution is -0.384. The number of nitrogens with one attached hydrogen (secondary N) is 1. The summed E-state index contributed by atoms with van der Waals surface area (Å²) in [6, 6.07) is 6.71. The van der Waals surface area contributed by atoms with E-state index >= 15 is 0 Å². The molecule has 1 heterocycles. The highest BCUT2D eigenvalue weighted by molar-refractivity contribution is 5.68. The molecule has 23 heavy (non-hydrogen) atoms. The van der Waals surface area contributed by atoms with Crippen LogP contribution in [-0.2, 0) is 4.74 Å². The first-order valence-electron chi connectivity index (χ1n) is 7.74. The summed E-state index contributed by atoms with van der Waals surface area (Å²) in [6.45, 7) is 6.68. The Bertz CT molecular complexity index is 575. The Kier molecular flexibility index (Phi) is 5.08. The van der Waals surface area contributed by atoms with Crippen LogP contribution in [0.3, 0.4) is 0 Å². The largest absolute Gasteiger partial charge is 0.444 e. The second-order valence-electron chi connectivity index (χ2n) is 6.66. The molecule has 0 radical (unpaired) electrons. The van der Waals surface area contributed by atoms with Gasteiger partial charge in [-0.2, -0.15) is 0 Å². The number of likely N-dealkylation sites (tertiary alicyclic amines) is 1. The number of rotatable bonds is 3. The molecule has 126 valence electrons. The lowest BCUT2D eigenvalue weighted by Gasteiger charge is -2.34. The van der Waals surface area contributed by atoms with Crippen LogP contribution in [0.4, 0.5) is 16.2 Å². The fourth-order valence-corrected chi connectivity index (χ4v) is 2.51. The predicted octanol–water partition coefficient (Wildman–Crippen LogP) is 3.41. The van der Waals surface area contributed by atoms with Crippen molar-refractivity contribution in [2.75, 3.05) is 18.4 Å². The highest BCUT2D eigenvalue weighted by Gasteiger charge is 2.27. The quantitative estimate of drug-likeness (QED) is 0.681. The zero-order chi connectivity index (χ0) is 17.0. The third-order valence-electron chi connectivity index (χ3n) is 3.61. The number of amides is 1. The van der Waals surface area contributed by atoms with Crippen LogP contribution in [0.5, 0.6) is 0 Å². The van der Waals surface area contributed by atoms with Crippen LogP contribution in [0.15, 0.2) is 24.3 Å². The molecule has 1 fully saturated rings. The van der Waals surface area contributed by atoms with Gasteiger partial charge in [-0.15, -0.1) is 0 Å². The summed E-state index contributed by atoms with van der Waals surface area (Å²) in [5.74, 6) is 0. The number of nitro groups is 1. The lowest BCUT2D eigenvalue weighted by Crippen LogP contribution is -2.44. The van der Waals surface area contributed by atoms with Crippen LogP contribution >= 0.6 is 0 Å². The Hall–Kier alpha value is -2.31. The van der Waals surface area contributed by atoms with Crippen LogP contribution in [0.1, 0.15) is 33.6 Å². The van der Waals surface area contributed by atoms with Gasteiger partial charge in [0.2, 0.25) is 0 Å². The van der Waals surface area contributed by atoms with Crippen LogP contribution in [0.2, 0.25) is 0 Å². The van der Waals surface area contributed by atoms with Gasteiger partial charge in [-0.25, -0.2) is 4.79 Å². The third kappa shape index (κ3) is 4.84. The Morgan fingerprint density at radius 2 is 1.91 bits per heavy atom. The molecule has 7 heteroatoms. The maximum absolute atomic E-state index is 12.0.